The first kappa shape index (κ1) is 26.4. The van der Waals surface area contributed by atoms with Gasteiger partial charge in [0.2, 0.25) is 17.7 Å². The number of hydrogen-bond donors (Lipinski definition) is 2. The van der Waals surface area contributed by atoms with Crippen LogP contribution in [-0.2, 0) is 23.9 Å². The average Bonchev–Trinajstić information content (AvgIpc) is 3.64. The van der Waals surface area contributed by atoms with Gasteiger partial charge < -0.3 is 15.4 Å². The summed E-state index contributed by atoms with van der Waals surface area (Å²) >= 11 is 0. The van der Waals surface area contributed by atoms with Crippen molar-refractivity contribution in [2.75, 3.05) is 22.1 Å². The Morgan fingerprint density at radius 3 is 2.10 bits per heavy atom. The van der Waals surface area contributed by atoms with Crippen LogP contribution in [0.15, 0.2) is 78.9 Å². The lowest BCUT2D eigenvalue weighted by Crippen LogP contribution is -2.33. The van der Waals surface area contributed by atoms with Gasteiger partial charge in [-0.3, -0.25) is 24.1 Å². The van der Waals surface area contributed by atoms with E-state index in [9.17, 15) is 24.0 Å². The lowest BCUT2D eigenvalue weighted by Gasteiger charge is -2.28. The Labute approximate surface area is 236 Å². The smallest absolute Gasteiger partial charge is 0.338 e. The number of rotatable bonds is 7. The van der Waals surface area contributed by atoms with Crippen molar-refractivity contribution in [2.45, 2.75) is 25.7 Å². The Morgan fingerprint density at radius 1 is 0.805 bits per heavy atom. The highest BCUT2D eigenvalue weighted by molar-refractivity contribution is 6.22. The van der Waals surface area contributed by atoms with E-state index in [4.69, 9.17) is 4.74 Å². The monoisotopic (exact) mass is 551 g/mol. The second kappa shape index (κ2) is 10.6. The maximum Gasteiger partial charge on any atom is 0.338 e. The van der Waals surface area contributed by atoms with Crippen molar-refractivity contribution in [3.05, 3.63) is 90.0 Å². The summed E-state index contributed by atoms with van der Waals surface area (Å²) in [6.45, 7) is 0.906. The van der Waals surface area contributed by atoms with Gasteiger partial charge in [0.05, 0.1) is 23.1 Å². The third-order valence-electron chi connectivity index (χ3n) is 8.43. The molecule has 5 atom stereocenters. The molecule has 3 fully saturated rings. The van der Waals surface area contributed by atoms with Gasteiger partial charge in [-0.25, -0.2) is 4.79 Å². The second-order valence-corrected chi connectivity index (χ2v) is 10.9. The van der Waals surface area contributed by atoms with Crippen LogP contribution >= 0.6 is 0 Å². The highest BCUT2D eigenvalue weighted by Gasteiger charge is 2.64. The molecule has 41 heavy (non-hydrogen) atoms. The highest BCUT2D eigenvalue weighted by atomic mass is 16.5. The number of nitrogens with one attached hydrogen (secondary N) is 2. The van der Waals surface area contributed by atoms with E-state index in [1.54, 1.807) is 36.4 Å². The fourth-order valence-electron chi connectivity index (χ4n) is 6.80. The normalized spacial score (nSPS) is 24.2. The van der Waals surface area contributed by atoms with E-state index in [-0.39, 0.29) is 52.9 Å². The average molecular weight is 552 g/mol. The summed E-state index contributed by atoms with van der Waals surface area (Å²) in [5.41, 5.74) is 2.94. The van der Waals surface area contributed by atoms with Crippen LogP contribution in [0, 0.1) is 23.7 Å². The number of anilines is 3. The van der Waals surface area contributed by atoms with Gasteiger partial charge in [0.15, 0.2) is 6.61 Å². The maximum absolute atomic E-state index is 13.5. The molecule has 4 amide bonds. The molecule has 1 aliphatic heterocycles. The summed E-state index contributed by atoms with van der Waals surface area (Å²) in [4.78, 5) is 64.1. The molecule has 1 saturated heterocycles. The van der Waals surface area contributed by atoms with Gasteiger partial charge in [0.25, 0.3) is 5.91 Å². The first-order chi connectivity index (χ1) is 19.8. The minimum atomic E-state index is -0.701. The van der Waals surface area contributed by atoms with Crippen LogP contribution in [0.25, 0.3) is 0 Å². The Hall–Kier alpha value is -4.79. The Balaban J connectivity index is 1.06. The van der Waals surface area contributed by atoms with Crippen molar-refractivity contribution in [3.8, 4) is 0 Å². The molecule has 0 aromatic heterocycles. The summed E-state index contributed by atoms with van der Waals surface area (Å²) < 4.78 is 5.14. The van der Waals surface area contributed by atoms with E-state index in [1.807, 2.05) is 18.2 Å². The van der Waals surface area contributed by atoms with Crippen LogP contribution < -0.4 is 15.5 Å². The Morgan fingerprint density at radius 2 is 1.44 bits per heavy atom. The van der Waals surface area contributed by atoms with E-state index in [1.165, 1.54) is 29.5 Å². The van der Waals surface area contributed by atoms with E-state index < -0.39 is 18.5 Å². The minimum Gasteiger partial charge on any atom is -0.452 e. The Bertz CT molecular complexity index is 1520. The van der Waals surface area contributed by atoms with Crippen molar-refractivity contribution >= 4 is 46.7 Å². The van der Waals surface area contributed by atoms with E-state index in [2.05, 4.69) is 22.8 Å². The molecule has 2 N–H and O–H groups in total. The molecule has 2 bridgehead atoms. The molecule has 9 nitrogen and oxygen atoms in total. The fraction of sp³-hybridized carbons (Fsp3) is 0.281. The summed E-state index contributed by atoms with van der Waals surface area (Å²) in [6, 6.07) is 22.9. The molecule has 3 aliphatic rings. The molecular weight excluding hydrogens is 522 g/mol. The lowest BCUT2D eigenvalue weighted by molar-refractivity contribution is -0.123. The minimum absolute atomic E-state index is 0.156. The third-order valence-corrected chi connectivity index (χ3v) is 8.43. The number of carbonyl (C=O) groups is 5. The zero-order valence-electron chi connectivity index (χ0n) is 22.4. The predicted octanol–water partition coefficient (Wildman–Crippen LogP) is 4.37. The predicted molar refractivity (Wildman–Crippen MR) is 151 cm³/mol. The topological polar surface area (TPSA) is 122 Å². The first-order valence-corrected chi connectivity index (χ1v) is 13.7. The zero-order chi connectivity index (χ0) is 28.7. The number of fused-ring (bicyclic) bond motifs is 5. The summed E-state index contributed by atoms with van der Waals surface area (Å²) in [6.07, 6.45) is 1.82. The molecule has 0 radical (unpaired) electrons. The van der Waals surface area contributed by atoms with Crippen LogP contribution in [0.1, 0.15) is 41.6 Å². The van der Waals surface area contributed by atoms with E-state index in [0.717, 1.165) is 12.8 Å². The number of imide groups is 1. The van der Waals surface area contributed by atoms with E-state index >= 15 is 0 Å². The summed E-state index contributed by atoms with van der Waals surface area (Å²) in [5, 5.41) is 5.25. The molecule has 0 spiro atoms. The molecule has 208 valence electrons. The molecule has 6 rings (SSSR count). The maximum atomic E-state index is 13.5. The van der Waals surface area contributed by atoms with E-state index in [0.29, 0.717) is 17.1 Å². The van der Waals surface area contributed by atoms with Crippen molar-refractivity contribution in [3.63, 3.8) is 0 Å². The van der Waals surface area contributed by atoms with Crippen LogP contribution in [0.5, 0.6) is 0 Å². The van der Waals surface area contributed by atoms with Gasteiger partial charge in [0, 0.05) is 18.3 Å². The molecule has 3 aromatic carbocycles. The molecule has 2 saturated carbocycles. The number of ether oxygens (including phenoxy) is 1. The molecule has 9 heteroatoms. The van der Waals surface area contributed by atoms with Crippen LogP contribution in [0.2, 0.25) is 0 Å². The van der Waals surface area contributed by atoms with Crippen molar-refractivity contribution in [2.24, 2.45) is 23.7 Å². The van der Waals surface area contributed by atoms with Crippen molar-refractivity contribution in [1.29, 1.82) is 0 Å². The fourth-order valence-corrected chi connectivity index (χ4v) is 6.80. The summed E-state index contributed by atoms with van der Waals surface area (Å²) in [7, 11) is 0. The Kier molecular flexibility index (Phi) is 6.86. The molecule has 3 aromatic rings. The van der Waals surface area contributed by atoms with Crippen molar-refractivity contribution < 1.29 is 28.7 Å². The lowest BCUT2D eigenvalue weighted by atomic mass is 9.73. The second-order valence-electron chi connectivity index (χ2n) is 10.9. The van der Waals surface area contributed by atoms with Crippen LogP contribution in [0.3, 0.4) is 0 Å². The van der Waals surface area contributed by atoms with Crippen LogP contribution in [-0.4, -0.2) is 36.2 Å². The van der Waals surface area contributed by atoms with Gasteiger partial charge in [0.1, 0.15) is 0 Å². The SMILES string of the molecule is CC(=O)Nc1ccc(NC(=O)COC(=O)c2ccc(N3C(=O)[C@@H]4[C@@H]5C[C@@H]([C@@H]4C3=O)[C@H](c3ccccc3)C5)cc2)cc1. The number of hydrogen-bond acceptors (Lipinski definition) is 6. The molecule has 2 aliphatic carbocycles. The number of carbonyl (C=O) groups excluding carboxylic acids is 5. The number of amides is 4. The van der Waals surface area contributed by atoms with Gasteiger partial charge >= 0.3 is 5.97 Å². The molecule has 1 heterocycles. The molecule has 0 unspecified atom stereocenters. The largest absolute Gasteiger partial charge is 0.452 e. The standard InChI is InChI=1S/C32H29N3O6/c1-18(36)33-22-9-11-23(12-10-22)34-27(37)17-41-32(40)20-7-13-24(14-8-20)35-30(38)28-21-15-25(19-5-3-2-4-6-19)26(16-21)29(28)31(35)39/h2-14,21,25-26,28-29H,15-17H2,1H3,(H,33,36)(H,34,37)/t21-,25-,26+,28+,29-/m0/s1. The third kappa shape index (κ3) is 4.99. The first-order valence-electron chi connectivity index (χ1n) is 13.7. The van der Waals surface area contributed by atoms with Crippen LogP contribution in [0.4, 0.5) is 17.1 Å². The number of nitrogens with zero attached hydrogens (tertiary/aromatic N) is 1. The zero-order valence-corrected chi connectivity index (χ0v) is 22.4. The van der Waals surface area contributed by atoms with Gasteiger partial charge in [-0.15, -0.1) is 0 Å². The molecular formula is C32H29N3O6. The quantitative estimate of drug-likeness (QED) is 0.332. The van der Waals surface area contributed by atoms with Gasteiger partial charge in [-0.05, 0) is 84.7 Å². The van der Waals surface area contributed by atoms with Gasteiger partial charge in [-0.2, -0.15) is 0 Å². The summed E-state index contributed by atoms with van der Waals surface area (Å²) in [5.74, 6) is -1.69. The number of esters is 1. The number of benzene rings is 3. The highest BCUT2D eigenvalue weighted by Crippen LogP contribution is 2.61. The van der Waals surface area contributed by atoms with Crippen molar-refractivity contribution in [1.82, 2.24) is 0 Å². The van der Waals surface area contributed by atoms with Gasteiger partial charge in [-0.1, -0.05) is 30.3 Å².